The van der Waals surface area contributed by atoms with Gasteiger partial charge in [-0.15, -0.1) is 0 Å². The molecule has 0 aliphatic carbocycles. The van der Waals surface area contributed by atoms with Crippen LogP contribution in [-0.4, -0.2) is 12.2 Å². The molecule has 0 unspecified atom stereocenters. The molecule has 1 aromatic rings. The van der Waals surface area contributed by atoms with Crippen molar-refractivity contribution in [3.05, 3.63) is 29.8 Å². The zero-order chi connectivity index (χ0) is 10.9. The molecule has 0 N–H and O–H groups in total. The van der Waals surface area contributed by atoms with Crippen molar-refractivity contribution in [2.45, 2.75) is 26.4 Å². The van der Waals surface area contributed by atoms with Crippen LogP contribution in [0.2, 0.25) is 0 Å². The van der Waals surface area contributed by atoms with Crippen LogP contribution in [0.25, 0.3) is 6.08 Å². The molecule has 1 heterocycles. The molecule has 80 valence electrons. The normalized spacial score (nSPS) is 16.7. The van der Waals surface area contributed by atoms with E-state index in [0.29, 0.717) is 6.61 Å². The summed E-state index contributed by atoms with van der Waals surface area (Å²) in [5.74, 6) is 1.76. The fourth-order valence-electron chi connectivity index (χ4n) is 1.61. The predicted octanol–water partition coefficient (Wildman–Crippen LogP) is 3.27. The van der Waals surface area contributed by atoms with Gasteiger partial charge in [0.15, 0.2) is 0 Å². The highest BCUT2D eigenvalue weighted by atomic mass is 16.5. The molecule has 1 aromatic carbocycles. The Balaban J connectivity index is 2.33. The Morgan fingerprint density at radius 2 is 2.13 bits per heavy atom. The standard InChI is InChI=1S/C13H16O2/c1-4-14-11-6-5-10-7-8-13(2,3)15-12(10)9-11/h5-9H,4H2,1-3H3. The summed E-state index contributed by atoms with van der Waals surface area (Å²) in [5.41, 5.74) is 0.885. The molecule has 0 fully saturated rings. The topological polar surface area (TPSA) is 18.5 Å². The summed E-state index contributed by atoms with van der Waals surface area (Å²) in [6, 6.07) is 5.94. The molecule has 1 aliphatic rings. The van der Waals surface area contributed by atoms with E-state index in [0.717, 1.165) is 17.1 Å². The lowest BCUT2D eigenvalue weighted by Crippen LogP contribution is -2.27. The highest BCUT2D eigenvalue weighted by Crippen LogP contribution is 2.33. The molecule has 0 spiro atoms. The third-order valence-corrected chi connectivity index (χ3v) is 2.33. The van der Waals surface area contributed by atoms with E-state index in [1.807, 2.05) is 39.0 Å². The minimum absolute atomic E-state index is 0.224. The van der Waals surface area contributed by atoms with E-state index < -0.39 is 0 Å². The number of hydrogen-bond acceptors (Lipinski definition) is 2. The van der Waals surface area contributed by atoms with E-state index in [1.54, 1.807) is 0 Å². The molecular formula is C13H16O2. The van der Waals surface area contributed by atoms with E-state index in [2.05, 4.69) is 12.2 Å². The lowest BCUT2D eigenvalue weighted by atomic mass is 10.0. The molecule has 1 aliphatic heterocycles. The highest BCUT2D eigenvalue weighted by Gasteiger charge is 2.21. The number of rotatable bonds is 2. The zero-order valence-electron chi connectivity index (χ0n) is 9.41. The molecule has 0 bridgehead atoms. The van der Waals surface area contributed by atoms with Gasteiger partial charge in [0.25, 0.3) is 0 Å². The quantitative estimate of drug-likeness (QED) is 0.736. The summed E-state index contributed by atoms with van der Waals surface area (Å²) in [5, 5.41) is 0. The first kappa shape index (κ1) is 10.1. The molecule has 0 amide bonds. The molecule has 0 aromatic heterocycles. The Kier molecular flexibility index (Phi) is 2.43. The van der Waals surface area contributed by atoms with Crippen molar-refractivity contribution in [1.29, 1.82) is 0 Å². The molecule has 0 saturated heterocycles. The third kappa shape index (κ3) is 2.14. The maximum absolute atomic E-state index is 5.84. The van der Waals surface area contributed by atoms with Crippen molar-refractivity contribution in [2.24, 2.45) is 0 Å². The van der Waals surface area contributed by atoms with Crippen molar-refractivity contribution < 1.29 is 9.47 Å². The van der Waals surface area contributed by atoms with Gasteiger partial charge in [-0.05, 0) is 39.0 Å². The van der Waals surface area contributed by atoms with Gasteiger partial charge in [0, 0.05) is 11.6 Å². The molecular weight excluding hydrogens is 188 g/mol. The minimum atomic E-state index is -0.224. The maximum atomic E-state index is 5.84. The lowest BCUT2D eigenvalue weighted by Gasteiger charge is -2.28. The maximum Gasteiger partial charge on any atom is 0.131 e. The predicted molar refractivity (Wildman–Crippen MR) is 61.4 cm³/mol. The SMILES string of the molecule is CCOc1ccc2c(c1)OC(C)(C)C=C2. The van der Waals surface area contributed by atoms with Crippen LogP contribution in [0.4, 0.5) is 0 Å². The Morgan fingerprint density at radius 1 is 1.33 bits per heavy atom. The number of ether oxygens (including phenoxy) is 2. The summed E-state index contributed by atoms with van der Waals surface area (Å²) in [6.07, 6.45) is 4.16. The van der Waals surface area contributed by atoms with Crippen molar-refractivity contribution in [1.82, 2.24) is 0 Å². The second-order valence-electron chi connectivity index (χ2n) is 4.17. The first-order valence-electron chi connectivity index (χ1n) is 5.26. The van der Waals surface area contributed by atoms with E-state index in [4.69, 9.17) is 9.47 Å². The first-order chi connectivity index (χ1) is 7.11. The van der Waals surface area contributed by atoms with Crippen LogP contribution >= 0.6 is 0 Å². The molecule has 0 saturated carbocycles. The summed E-state index contributed by atoms with van der Waals surface area (Å²) >= 11 is 0. The lowest BCUT2D eigenvalue weighted by molar-refractivity contribution is 0.158. The second-order valence-corrected chi connectivity index (χ2v) is 4.17. The monoisotopic (exact) mass is 204 g/mol. The summed E-state index contributed by atoms with van der Waals surface area (Å²) < 4.78 is 11.3. The Morgan fingerprint density at radius 3 is 2.87 bits per heavy atom. The first-order valence-corrected chi connectivity index (χ1v) is 5.26. The number of fused-ring (bicyclic) bond motifs is 1. The van der Waals surface area contributed by atoms with Crippen LogP contribution in [0.1, 0.15) is 26.3 Å². The van der Waals surface area contributed by atoms with Gasteiger partial charge < -0.3 is 9.47 Å². The van der Waals surface area contributed by atoms with Gasteiger partial charge in [-0.3, -0.25) is 0 Å². The largest absolute Gasteiger partial charge is 0.494 e. The molecule has 0 radical (unpaired) electrons. The molecule has 15 heavy (non-hydrogen) atoms. The van der Waals surface area contributed by atoms with Crippen molar-refractivity contribution in [3.8, 4) is 11.5 Å². The smallest absolute Gasteiger partial charge is 0.131 e. The fraction of sp³-hybridized carbons (Fsp3) is 0.385. The van der Waals surface area contributed by atoms with Gasteiger partial charge in [0.2, 0.25) is 0 Å². The molecule has 2 heteroatoms. The highest BCUT2D eigenvalue weighted by molar-refractivity contribution is 5.62. The average molecular weight is 204 g/mol. The van der Waals surface area contributed by atoms with Crippen LogP contribution < -0.4 is 9.47 Å². The van der Waals surface area contributed by atoms with Gasteiger partial charge in [0.1, 0.15) is 17.1 Å². The van der Waals surface area contributed by atoms with Crippen LogP contribution in [-0.2, 0) is 0 Å². The second kappa shape index (κ2) is 3.61. The van der Waals surface area contributed by atoms with Gasteiger partial charge in [-0.1, -0.05) is 6.08 Å². The van der Waals surface area contributed by atoms with E-state index in [9.17, 15) is 0 Å². The Bertz CT molecular complexity index is 392. The van der Waals surface area contributed by atoms with Gasteiger partial charge in [-0.25, -0.2) is 0 Å². The Hall–Kier alpha value is -1.44. The van der Waals surface area contributed by atoms with Crippen molar-refractivity contribution >= 4 is 6.08 Å². The average Bonchev–Trinajstić information content (AvgIpc) is 2.16. The number of hydrogen-bond donors (Lipinski definition) is 0. The van der Waals surface area contributed by atoms with Crippen molar-refractivity contribution in [3.63, 3.8) is 0 Å². The third-order valence-electron chi connectivity index (χ3n) is 2.33. The van der Waals surface area contributed by atoms with Crippen LogP contribution in [0, 0.1) is 0 Å². The Labute approximate surface area is 90.5 Å². The zero-order valence-corrected chi connectivity index (χ0v) is 9.41. The number of benzene rings is 1. The minimum Gasteiger partial charge on any atom is -0.494 e. The summed E-state index contributed by atoms with van der Waals surface area (Å²) in [6.45, 7) is 6.74. The van der Waals surface area contributed by atoms with Crippen LogP contribution in [0.5, 0.6) is 11.5 Å². The van der Waals surface area contributed by atoms with E-state index >= 15 is 0 Å². The summed E-state index contributed by atoms with van der Waals surface area (Å²) in [4.78, 5) is 0. The van der Waals surface area contributed by atoms with E-state index in [-0.39, 0.29) is 5.60 Å². The van der Waals surface area contributed by atoms with Gasteiger partial charge in [0.05, 0.1) is 6.61 Å². The van der Waals surface area contributed by atoms with Crippen molar-refractivity contribution in [2.75, 3.05) is 6.61 Å². The van der Waals surface area contributed by atoms with E-state index in [1.165, 1.54) is 0 Å². The van der Waals surface area contributed by atoms with Gasteiger partial charge >= 0.3 is 0 Å². The molecule has 2 nitrogen and oxygen atoms in total. The fourth-order valence-corrected chi connectivity index (χ4v) is 1.61. The molecule has 0 atom stereocenters. The summed E-state index contributed by atoms with van der Waals surface area (Å²) in [7, 11) is 0. The molecule has 2 rings (SSSR count). The van der Waals surface area contributed by atoms with Gasteiger partial charge in [-0.2, -0.15) is 0 Å². The van der Waals surface area contributed by atoms with Crippen LogP contribution in [0.15, 0.2) is 24.3 Å². The van der Waals surface area contributed by atoms with Crippen LogP contribution in [0.3, 0.4) is 0 Å².